The fourth-order valence-electron chi connectivity index (χ4n) is 4.79. The van der Waals surface area contributed by atoms with Crippen LogP contribution in [0.2, 0.25) is 0 Å². The number of hydrogen-bond donors (Lipinski definition) is 2. The fraction of sp³-hybridized carbons (Fsp3) is 0.286. The second-order valence-electron chi connectivity index (χ2n) is 9.22. The molecule has 1 fully saturated rings. The quantitative estimate of drug-likeness (QED) is 0.352. The maximum atomic E-state index is 4.69. The van der Waals surface area contributed by atoms with Crippen molar-refractivity contribution in [2.45, 2.75) is 26.2 Å². The molecule has 0 aliphatic carbocycles. The largest absolute Gasteiger partial charge is 0.376 e. The molecule has 0 spiro atoms. The molecule has 5 rings (SSSR count). The summed E-state index contributed by atoms with van der Waals surface area (Å²) in [5.74, 6) is 0. The van der Waals surface area contributed by atoms with Gasteiger partial charge >= 0.3 is 0 Å². The standard InChI is InChI=1S/C28H32N6/c1-5-9-27(34-12-7-6-8-13-34)23-16-26(30-19(23)2)28-24-15-20(10-11-25(24)31-32-28)21-14-22(33(3)4)18-29-17-21/h5,9-11,14-18,30H,1,6-8,12-13H2,2-4H3,(H,31,32)/b27-9+. The van der Waals surface area contributed by atoms with Gasteiger partial charge in [0.05, 0.1) is 23.1 Å². The maximum Gasteiger partial charge on any atom is 0.116 e. The van der Waals surface area contributed by atoms with Gasteiger partial charge in [-0.25, -0.2) is 0 Å². The number of likely N-dealkylation sites (tertiary alicyclic amines) is 1. The molecule has 0 unspecified atom stereocenters. The lowest BCUT2D eigenvalue weighted by Gasteiger charge is -2.31. The Morgan fingerprint density at radius 3 is 2.65 bits per heavy atom. The molecule has 0 radical (unpaired) electrons. The van der Waals surface area contributed by atoms with Crippen LogP contribution < -0.4 is 4.90 Å². The van der Waals surface area contributed by atoms with Gasteiger partial charge in [-0.2, -0.15) is 5.10 Å². The SMILES string of the molecule is C=C/C=C(\c1cc(-c2n[nH]c3ccc(-c4cncc(N(C)C)c4)cc23)[nH]c1C)N1CCCCC1. The van der Waals surface area contributed by atoms with Crippen LogP contribution in [-0.4, -0.2) is 52.3 Å². The number of benzene rings is 1. The summed E-state index contributed by atoms with van der Waals surface area (Å²) in [6.45, 7) is 8.29. The number of hydrogen-bond acceptors (Lipinski definition) is 4. The van der Waals surface area contributed by atoms with Gasteiger partial charge in [-0.1, -0.05) is 18.7 Å². The molecule has 1 aromatic carbocycles. The van der Waals surface area contributed by atoms with Crippen molar-refractivity contribution in [1.29, 1.82) is 0 Å². The molecule has 1 saturated heterocycles. The van der Waals surface area contributed by atoms with E-state index in [4.69, 9.17) is 0 Å². The number of anilines is 1. The van der Waals surface area contributed by atoms with E-state index in [1.54, 1.807) is 0 Å². The third kappa shape index (κ3) is 4.12. The minimum absolute atomic E-state index is 0.930. The summed E-state index contributed by atoms with van der Waals surface area (Å²) in [6.07, 6.45) is 11.6. The van der Waals surface area contributed by atoms with Crippen LogP contribution in [0.15, 0.2) is 61.5 Å². The van der Waals surface area contributed by atoms with E-state index < -0.39 is 0 Å². The fourth-order valence-corrected chi connectivity index (χ4v) is 4.79. The van der Waals surface area contributed by atoms with Gasteiger partial charge in [-0.3, -0.25) is 10.1 Å². The molecule has 4 aromatic rings. The second kappa shape index (κ2) is 9.21. The summed E-state index contributed by atoms with van der Waals surface area (Å²) in [5.41, 5.74) is 9.84. The Kier molecular flexibility index (Phi) is 5.97. The monoisotopic (exact) mass is 452 g/mol. The van der Waals surface area contributed by atoms with E-state index in [0.717, 1.165) is 57.9 Å². The highest BCUT2D eigenvalue weighted by Crippen LogP contribution is 2.34. The van der Waals surface area contributed by atoms with Crippen LogP contribution in [0.4, 0.5) is 5.69 Å². The van der Waals surface area contributed by atoms with Gasteiger partial charge in [-0.15, -0.1) is 0 Å². The van der Waals surface area contributed by atoms with Crippen LogP contribution in [-0.2, 0) is 0 Å². The highest BCUT2D eigenvalue weighted by Gasteiger charge is 2.20. The van der Waals surface area contributed by atoms with Crippen LogP contribution in [0.3, 0.4) is 0 Å². The van der Waals surface area contributed by atoms with Crippen molar-refractivity contribution in [3.8, 4) is 22.5 Å². The first-order chi connectivity index (χ1) is 16.5. The van der Waals surface area contributed by atoms with E-state index in [9.17, 15) is 0 Å². The summed E-state index contributed by atoms with van der Waals surface area (Å²) >= 11 is 0. The number of rotatable bonds is 6. The number of piperidine rings is 1. The normalized spacial score (nSPS) is 14.6. The molecule has 0 atom stereocenters. The van der Waals surface area contributed by atoms with Crippen molar-refractivity contribution >= 4 is 22.3 Å². The lowest BCUT2D eigenvalue weighted by atomic mass is 10.0. The molecule has 0 saturated carbocycles. The van der Waals surface area contributed by atoms with Gasteiger partial charge in [0, 0.05) is 61.3 Å². The van der Waals surface area contributed by atoms with Gasteiger partial charge in [0.2, 0.25) is 0 Å². The molecule has 6 heteroatoms. The molecule has 34 heavy (non-hydrogen) atoms. The van der Waals surface area contributed by atoms with Crippen LogP contribution in [0.5, 0.6) is 0 Å². The molecule has 3 aromatic heterocycles. The van der Waals surface area contributed by atoms with Gasteiger partial charge in [-0.05, 0) is 62.1 Å². The minimum Gasteiger partial charge on any atom is -0.376 e. The van der Waals surface area contributed by atoms with E-state index in [2.05, 4.69) is 79.9 Å². The number of fused-ring (bicyclic) bond motifs is 1. The van der Waals surface area contributed by atoms with Crippen molar-refractivity contribution < 1.29 is 0 Å². The van der Waals surface area contributed by atoms with Crippen LogP contribution >= 0.6 is 0 Å². The first kappa shape index (κ1) is 22.0. The van der Waals surface area contributed by atoms with Crippen LogP contribution in [0, 0.1) is 6.92 Å². The van der Waals surface area contributed by atoms with E-state index in [1.807, 2.05) is 32.6 Å². The average Bonchev–Trinajstić information content (AvgIpc) is 3.46. The molecular formula is C28H32N6. The Balaban J connectivity index is 1.55. The van der Waals surface area contributed by atoms with Crippen molar-refractivity contribution in [1.82, 2.24) is 25.1 Å². The summed E-state index contributed by atoms with van der Waals surface area (Å²) in [5, 5.41) is 8.98. The maximum absolute atomic E-state index is 4.69. The third-order valence-electron chi connectivity index (χ3n) is 6.65. The molecule has 2 N–H and O–H groups in total. The zero-order valence-electron chi connectivity index (χ0n) is 20.2. The Hall–Kier alpha value is -3.80. The van der Waals surface area contributed by atoms with E-state index in [-0.39, 0.29) is 0 Å². The number of H-pyrrole nitrogens is 2. The Morgan fingerprint density at radius 2 is 1.88 bits per heavy atom. The highest BCUT2D eigenvalue weighted by atomic mass is 15.1. The number of aromatic amines is 2. The van der Waals surface area contributed by atoms with E-state index >= 15 is 0 Å². The molecule has 0 bridgehead atoms. The second-order valence-corrected chi connectivity index (χ2v) is 9.22. The Bertz CT molecular complexity index is 1350. The summed E-state index contributed by atoms with van der Waals surface area (Å²) < 4.78 is 0. The number of allylic oxidation sites excluding steroid dienone is 2. The van der Waals surface area contributed by atoms with Crippen LogP contribution in [0.1, 0.15) is 30.5 Å². The van der Waals surface area contributed by atoms with Gasteiger partial charge in [0.15, 0.2) is 0 Å². The van der Waals surface area contributed by atoms with Crippen molar-refractivity contribution in [3.63, 3.8) is 0 Å². The van der Waals surface area contributed by atoms with E-state index in [0.29, 0.717) is 0 Å². The smallest absolute Gasteiger partial charge is 0.116 e. The molecule has 1 aliphatic heterocycles. The van der Waals surface area contributed by atoms with Crippen LogP contribution in [0.25, 0.3) is 39.1 Å². The molecule has 0 amide bonds. The number of nitrogens with zero attached hydrogens (tertiary/aromatic N) is 4. The number of nitrogens with one attached hydrogen (secondary N) is 2. The highest BCUT2D eigenvalue weighted by molar-refractivity contribution is 5.95. The first-order valence-corrected chi connectivity index (χ1v) is 11.9. The first-order valence-electron chi connectivity index (χ1n) is 11.9. The number of aryl methyl sites for hydroxylation is 1. The predicted octanol–water partition coefficient (Wildman–Crippen LogP) is 6.01. The Morgan fingerprint density at radius 1 is 1.06 bits per heavy atom. The predicted molar refractivity (Wildman–Crippen MR) is 142 cm³/mol. The van der Waals surface area contributed by atoms with Crippen molar-refractivity contribution in [3.05, 3.63) is 72.7 Å². The molecule has 4 heterocycles. The summed E-state index contributed by atoms with van der Waals surface area (Å²) in [6, 6.07) is 10.8. The van der Waals surface area contributed by atoms with E-state index in [1.165, 1.54) is 30.5 Å². The van der Waals surface area contributed by atoms with Crippen molar-refractivity contribution in [2.24, 2.45) is 0 Å². The third-order valence-corrected chi connectivity index (χ3v) is 6.65. The zero-order valence-corrected chi connectivity index (χ0v) is 20.2. The summed E-state index contributed by atoms with van der Waals surface area (Å²) in [4.78, 5) is 12.6. The number of pyridine rings is 1. The lowest BCUT2D eigenvalue weighted by Crippen LogP contribution is -2.28. The van der Waals surface area contributed by atoms with Gasteiger partial charge in [0.1, 0.15) is 5.69 Å². The topological polar surface area (TPSA) is 63.8 Å². The summed E-state index contributed by atoms with van der Waals surface area (Å²) in [7, 11) is 4.06. The number of aromatic nitrogens is 4. The average molecular weight is 453 g/mol. The van der Waals surface area contributed by atoms with Gasteiger partial charge < -0.3 is 14.8 Å². The molecule has 174 valence electrons. The Labute approximate surface area is 201 Å². The molecule has 6 nitrogen and oxygen atoms in total. The van der Waals surface area contributed by atoms with Crippen molar-refractivity contribution in [2.75, 3.05) is 32.1 Å². The molecule has 1 aliphatic rings. The minimum atomic E-state index is 0.930. The molecular weight excluding hydrogens is 420 g/mol. The lowest BCUT2D eigenvalue weighted by molar-refractivity contribution is 0.326. The van der Waals surface area contributed by atoms with Gasteiger partial charge in [0.25, 0.3) is 0 Å². The zero-order chi connectivity index (χ0) is 23.7.